The monoisotopic (exact) mass is 717 g/mol. The Labute approximate surface area is 324 Å². The van der Waals surface area contributed by atoms with Crippen LogP contribution in [0, 0.1) is 0 Å². The van der Waals surface area contributed by atoms with Gasteiger partial charge in [-0.2, -0.15) is 0 Å². The summed E-state index contributed by atoms with van der Waals surface area (Å²) in [5.74, 6) is 0.812. The number of furan rings is 1. The largest absolute Gasteiger partial charge is 0.454 e. The van der Waals surface area contributed by atoms with Gasteiger partial charge in [0.25, 0.3) is 0 Å². The number of fused-ring (bicyclic) bond motifs is 6. The minimum atomic E-state index is -0.0336. The molecular formula is C52H35N3O. The van der Waals surface area contributed by atoms with Crippen LogP contribution in [0.2, 0.25) is 0 Å². The third kappa shape index (κ3) is 5.42. The molecule has 0 fully saturated rings. The number of hydrogen-bond acceptors (Lipinski definition) is 3. The molecule has 8 aromatic carbocycles. The molecule has 0 aliphatic carbocycles. The predicted octanol–water partition coefficient (Wildman–Crippen LogP) is 13.1. The third-order valence-corrected chi connectivity index (χ3v) is 11.1. The molecular weight excluding hydrogens is 683 g/mol. The summed E-state index contributed by atoms with van der Waals surface area (Å²) in [4.78, 5) is 5.17. The molecule has 3 heterocycles. The van der Waals surface area contributed by atoms with Gasteiger partial charge in [0.15, 0.2) is 5.58 Å². The van der Waals surface area contributed by atoms with Crippen molar-refractivity contribution in [1.29, 1.82) is 0 Å². The van der Waals surface area contributed by atoms with Crippen LogP contribution in [-0.2, 0) is 0 Å². The first-order valence-corrected chi connectivity index (χ1v) is 19.1. The zero-order valence-corrected chi connectivity index (χ0v) is 30.4. The topological polar surface area (TPSA) is 42.5 Å². The molecule has 1 aliphatic rings. The number of amidine groups is 1. The summed E-state index contributed by atoms with van der Waals surface area (Å²) < 4.78 is 9.36. The van der Waals surface area contributed by atoms with Crippen molar-refractivity contribution in [3.05, 3.63) is 217 Å². The van der Waals surface area contributed by atoms with Crippen molar-refractivity contribution >= 4 is 55.3 Å². The van der Waals surface area contributed by atoms with Crippen LogP contribution in [0.25, 0.3) is 77.4 Å². The lowest BCUT2D eigenvalue weighted by Crippen LogP contribution is -2.31. The maximum absolute atomic E-state index is 6.97. The molecule has 56 heavy (non-hydrogen) atoms. The second-order valence-corrected chi connectivity index (χ2v) is 14.4. The number of nitrogens with one attached hydrogen (secondary N) is 1. The quantitative estimate of drug-likeness (QED) is 0.186. The van der Waals surface area contributed by atoms with E-state index in [1.807, 2.05) is 6.07 Å². The lowest BCUT2D eigenvalue weighted by atomic mass is 10.00. The van der Waals surface area contributed by atoms with Gasteiger partial charge in [-0.3, -0.25) is 0 Å². The molecule has 0 spiro atoms. The first-order valence-electron chi connectivity index (χ1n) is 19.1. The molecule has 264 valence electrons. The molecule has 4 nitrogen and oxygen atoms in total. The van der Waals surface area contributed by atoms with E-state index >= 15 is 0 Å². The van der Waals surface area contributed by atoms with Gasteiger partial charge >= 0.3 is 0 Å². The molecule has 1 unspecified atom stereocenters. The molecule has 1 aliphatic heterocycles. The fraction of sp³-hybridized carbons (Fsp3) is 0.0192. The van der Waals surface area contributed by atoms with Crippen LogP contribution in [-0.4, -0.2) is 10.4 Å². The van der Waals surface area contributed by atoms with Gasteiger partial charge in [-0.25, -0.2) is 4.99 Å². The van der Waals surface area contributed by atoms with E-state index in [4.69, 9.17) is 9.41 Å². The molecule has 4 heteroatoms. The Bertz CT molecular complexity index is 3040. The van der Waals surface area contributed by atoms with Crippen LogP contribution in [0.5, 0.6) is 0 Å². The lowest BCUT2D eigenvalue weighted by Gasteiger charge is -2.24. The van der Waals surface area contributed by atoms with Crippen LogP contribution in [0.3, 0.4) is 0 Å². The van der Waals surface area contributed by atoms with Crippen LogP contribution in [0.15, 0.2) is 210 Å². The summed E-state index contributed by atoms with van der Waals surface area (Å²) in [6.07, 6.45) is 2.21. The van der Waals surface area contributed by atoms with Crippen LogP contribution >= 0.6 is 0 Å². The van der Waals surface area contributed by atoms with E-state index in [-0.39, 0.29) is 6.04 Å². The van der Waals surface area contributed by atoms with E-state index in [1.54, 1.807) is 0 Å². The van der Waals surface area contributed by atoms with E-state index in [0.717, 1.165) is 61.3 Å². The second-order valence-electron chi connectivity index (χ2n) is 14.4. The molecule has 0 saturated carbocycles. The van der Waals surface area contributed by atoms with Crippen molar-refractivity contribution < 1.29 is 4.42 Å². The van der Waals surface area contributed by atoms with E-state index in [2.05, 4.69) is 204 Å². The molecule has 0 bridgehead atoms. The summed E-state index contributed by atoms with van der Waals surface area (Å²) in [5, 5.41) is 8.26. The Balaban J connectivity index is 1.10. The van der Waals surface area contributed by atoms with Gasteiger partial charge in [0, 0.05) is 27.1 Å². The number of para-hydroxylation sites is 1. The van der Waals surface area contributed by atoms with E-state index in [1.165, 1.54) is 38.6 Å². The first kappa shape index (κ1) is 32.0. The summed E-state index contributed by atoms with van der Waals surface area (Å²) >= 11 is 0. The minimum Gasteiger partial charge on any atom is -0.454 e. The zero-order chi connectivity index (χ0) is 37.0. The number of benzene rings is 8. The van der Waals surface area contributed by atoms with Crippen molar-refractivity contribution in [3.63, 3.8) is 0 Å². The smallest absolute Gasteiger partial charge is 0.159 e. The van der Waals surface area contributed by atoms with Crippen molar-refractivity contribution in [2.24, 2.45) is 4.99 Å². The van der Waals surface area contributed by atoms with Gasteiger partial charge < -0.3 is 14.3 Å². The van der Waals surface area contributed by atoms with Gasteiger partial charge in [0.2, 0.25) is 0 Å². The summed E-state index contributed by atoms with van der Waals surface area (Å²) in [5.41, 5.74) is 13.8. The fourth-order valence-corrected chi connectivity index (χ4v) is 8.30. The first-order chi connectivity index (χ1) is 27.7. The van der Waals surface area contributed by atoms with Gasteiger partial charge in [0.05, 0.1) is 28.5 Å². The molecule has 1 atom stereocenters. The van der Waals surface area contributed by atoms with Crippen molar-refractivity contribution in [2.45, 2.75) is 6.04 Å². The Kier molecular flexibility index (Phi) is 7.52. The zero-order valence-electron chi connectivity index (χ0n) is 30.4. The fourth-order valence-electron chi connectivity index (χ4n) is 8.30. The molecule has 1 N–H and O–H groups in total. The highest BCUT2D eigenvalue weighted by Gasteiger charge is 2.22. The maximum atomic E-state index is 6.97. The average molecular weight is 718 g/mol. The molecule has 2 aromatic heterocycles. The highest BCUT2D eigenvalue weighted by molar-refractivity contribution is 6.15. The molecule has 0 radical (unpaired) electrons. The number of nitrogens with zero attached hydrogens (tertiary/aromatic N) is 2. The Morgan fingerprint density at radius 3 is 1.62 bits per heavy atom. The lowest BCUT2D eigenvalue weighted by molar-refractivity contribution is 0.666. The average Bonchev–Trinajstić information content (AvgIpc) is 3.82. The Morgan fingerprint density at radius 1 is 0.446 bits per heavy atom. The third-order valence-electron chi connectivity index (χ3n) is 11.1. The minimum absolute atomic E-state index is 0.0336. The van der Waals surface area contributed by atoms with Gasteiger partial charge in [-0.1, -0.05) is 164 Å². The normalized spacial score (nSPS) is 14.2. The Hall–Kier alpha value is -7.43. The van der Waals surface area contributed by atoms with Crippen molar-refractivity contribution in [3.8, 4) is 27.9 Å². The number of rotatable bonds is 6. The highest BCUT2D eigenvalue weighted by atomic mass is 16.3. The Morgan fingerprint density at radius 2 is 1.00 bits per heavy atom. The number of aliphatic imine (C=N–C) groups is 1. The summed E-state index contributed by atoms with van der Waals surface area (Å²) in [6.45, 7) is 0. The van der Waals surface area contributed by atoms with Crippen LogP contribution < -0.4 is 5.32 Å². The SMILES string of the molecule is C1=C(c2ccccc2)N=C(c2ccc3c(c2)oc2c(-n4c5cc(-c6ccccc6)ccc5c5ccc(-c6ccccc6)cc54)cccc23)NC1c1ccccc1. The standard InChI is InChI=1S/C52H35N3O/c1-5-14-34(15-6-1)38-24-27-41-42-28-25-39(35-16-7-2-8-17-35)31-49(42)55(48(41)30-38)47-23-13-22-44-43-29-26-40(32-50(43)56-51(44)47)52-53-45(36-18-9-3-10-19-36)33-46(54-52)37-20-11-4-12-21-37/h1-33,45H,(H,53,54). The van der Waals surface area contributed by atoms with E-state index in [0.29, 0.717) is 0 Å². The number of hydrogen-bond donors (Lipinski definition) is 1. The summed E-state index contributed by atoms with van der Waals surface area (Å²) in [6, 6.07) is 68.7. The van der Waals surface area contributed by atoms with Gasteiger partial charge in [-0.15, -0.1) is 0 Å². The molecule has 11 rings (SSSR count). The van der Waals surface area contributed by atoms with E-state index < -0.39 is 0 Å². The van der Waals surface area contributed by atoms with Crippen molar-refractivity contribution in [2.75, 3.05) is 0 Å². The van der Waals surface area contributed by atoms with Crippen LogP contribution in [0.1, 0.15) is 22.7 Å². The molecule has 10 aromatic rings. The molecule has 0 amide bonds. The summed E-state index contributed by atoms with van der Waals surface area (Å²) in [7, 11) is 0. The second kappa shape index (κ2) is 13.2. The molecule has 0 saturated heterocycles. The maximum Gasteiger partial charge on any atom is 0.159 e. The number of aromatic nitrogens is 1. The van der Waals surface area contributed by atoms with Gasteiger partial charge in [-0.05, 0) is 69.8 Å². The van der Waals surface area contributed by atoms with Crippen LogP contribution in [0.4, 0.5) is 0 Å². The van der Waals surface area contributed by atoms with Crippen molar-refractivity contribution in [1.82, 2.24) is 9.88 Å². The van der Waals surface area contributed by atoms with E-state index in [9.17, 15) is 0 Å². The predicted molar refractivity (Wildman–Crippen MR) is 232 cm³/mol. The highest BCUT2D eigenvalue weighted by Crippen LogP contribution is 2.41. The van der Waals surface area contributed by atoms with Gasteiger partial charge in [0.1, 0.15) is 11.4 Å².